The number of nitrogens with zero attached hydrogens (tertiary/aromatic N) is 2. The second-order valence-electron chi connectivity index (χ2n) is 3.93. The Morgan fingerprint density at radius 1 is 1.39 bits per heavy atom. The second-order valence-corrected chi connectivity index (χ2v) is 5.36. The van der Waals surface area contributed by atoms with Crippen LogP contribution < -0.4 is 0 Å². The lowest BCUT2D eigenvalue weighted by Crippen LogP contribution is -1.96. The summed E-state index contributed by atoms with van der Waals surface area (Å²) in [5, 5.41) is 0.637. The van der Waals surface area contributed by atoms with Crippen molar-refractivity contribution in [2.24, 2.45) is 7.05 Å². The predicted molar refractivity (Wildman–Crippen MR) is 74.2 cm³/mol. The van der Waals surface area contributed by atoms with Crippen LogP contribution in [-0.4, -0.2) is 15.3 Å². The fraction of sp³-hybridized carbons (Fsp3) is 0.231. The van der Waals surface area contributed by atoms with E-state index in [0.717, 1.165) is 22.0 Å². The highest BCUT2D eigenvalue weighted by Crippen LogP contribution is 2.23. The van der Waals surface area contributed by atoms with Gasteiger partial charge < -0.3 is 4.57 Å². The fourth-order valence-electron chi connectivity index (χ4n) is 1.49. The van der Waals surface area contributed by atoms with Gasteiger partial charge in [0.15, 0.2) is 5.78 Å². The Balaban J connectivity index is 2.02. The summed E-state index contributed by atoms with van der Waals surface area (Å²) in [6.45, 7) is 1.57. The van der Waals surface area contributed by atoms with E-state index >= 15 is 0 Å². The van der Waals surface area contributed by atoms with E-state index in [0.29, 0.717) is 5.15 Å². The second kappa shape index (κ2) is 5.59. The van der Waals surface area contributed by atoms with Gasteiger partial charge >= 0.3 is 0 Å². The smallest absolute Gasteiger partial charge is 0.159 e. The van der Waals surface area contributed by atoms with Crippen molar-refractivity contribution in [3.05, 3.63) is 47.0 Å². The monoisotopic (exact) mass is 280 g/mol. The van der Waals surface area contributed by atoms with E-state index < -0.39 is 0 Å². The summed E-state index contributed by atoms with van der Waals surface area (Å²) in [6.07, 6.45) is 1.65. The van der Waals surface area contributed by atoms with Gasteiger partial charge in [-0.3, -0.25) is 4.79 Å². The van der Waals surface area contributed by atoms with E-state index in [1.807, 2.05) is 35.9 Å². The number of benzene rings is 1. The van der Waals surface area contributed by atoms with Crippen molar-refractivity contribution in [2.45, 2.75) is 17.6 Å². The number of carbonyl (C=O) groups is 1. The van der Waals surface area contributed by atoms with Gasteiger partial charge in [0.2, 0.25) is 0 Å². The zero-order valence-electron chi connectivity index (χ0n) is 10.2. The molecule has 2 aromatic rings. The largest absolute Gasteiger partial charge is 0.322 e. The molecule has 5 heteroatoms. The molecule has 0 unspecified atom stereocenters. The Bertz CT molecular complexity index is 563. The number of hydrogen-bond donors (Lipinski definition) is 0. The molecular formula is C13H13ClN2OS. The minimum atomic E-state index is 0.0856. The molecule has 0 bridgehead atoms. The first-order valence-corrected chi connectivity index (χ1v) is 6.84. The summed E-state index contributed by atoms with van der Waals surface area (Å²) in [7, 11) is 1.89. The maximum Gasteiger partial charge on any atom is 0.159 e. The third-order valence-electron chi connectivity index (χ3n) is 2.66. The maximum absolute atomic E-state index is 11.1. The molecule has 0 atom stereocenters. The first-order valence-electron chi connectivity index (χ1n) is 5.48. The van der Waals surface area contributed by atoms with E-state index in [9.17, 15) is 4.79 Å². The van der Waals surface area contributed by atoms with E-state index in [1.165, 1.54) is 0 Å². The van der Waals surface area contributed by atoms with Crippen molar-refractivity contribution in [1.29, 1.82) is 0 Å². The van der Waals surface area contributed by atoms with Gasteiger partial charge in [0, 0.05) is 17.5 Å². The zero-order valence-corrected chi connectivity index (χ0v) is 11.8. The maximum atomic E-state index is 11.1. The minimum Gasteiger partial charge on any atom is -0.322 e. The molecule has 0 aliphatic carbocycles. The molecule has 2 rings (SSSR count). The van der Waals surface area contributed by atoms with Crippen LogP contribution in [0, 0.1) is 0 Å². The van der Waals surface area contributed by atoms with Crippen LogP contribution in [0.3, 0.4) is 0 Å². The van der Waals surface area contributed by atoms with Gasteiger partial charge in [-0.15, -0.1) is 11.8 Å². The van der Waals surface area contributed by atoms with Gasteiger partial charge in [-0.2, -0.15) is 0 Å². The molecule has 0 fully saturated rings. The van der Waals surface area contributed by atoms with Crippen molar-refractivity contribution < 1.29 is 4.79 Å². The first kappa shape index (κ1) is 13.2. The van der Waals surface area contributed by atoms with Gasteiger partial charge in [0.05, 0.1) is 11.9 Å². The summed E-state index contributed by atoms with van der Waals surface area (Å²) in [4.78, 5) is 16.5. The summed E-state index contributed by atoms with van der Waals surface area (Å²) >= 11 is 7.59. The molecule has 0 N–H and O–H groups in total. The number of halogens is 1. The third-order valence-corrected chi connectivity index (χ3v) is 4.02. The van der Waals surface area contributed by atoms with Gasteiger partial charge in [-0.1, -0.05) is 23.7 Å². The number of Topliss-reactive ketones (excluding diaryl/α,β-unsaturated/α-hetero) is 1. The highest BCUT2D eigenvalue weighted by molar-refractivity contribution is 7.98. The van der Waals surface area contributed by atoms with Crippen molar-refractivity contribution in [2.75, 3.05) is 0 Å². The molecule has 1 aromatic heterocycles. The van der Waals surface area contributed by atoms with Crippen molar-refractivity contribution in [3.8, 4) is 0 Å². The Kier molecular flexibility index (Phi) is 4.09. The van der Waals surface area contributed by atoms with Gasteiger partial charge in [0.25, 0.3) is 0 Å². The summed E-state index contributed by atoms with van der Waals surface area (Å²) in [6, 6.07) is 7.59. The van der Waals surface area contributed by atoms with Crippen LogP contribution in [0.4, 0.5) is 0 Å². The third kappa shape index (κ3) is 2.94. The summed E-state index contributed by atoms with van der Waals surface area (Å²) in [5.41, 5.74) is 0.736. The minimum absolute atomic E-state index is 0.0856. The molecule has 0 spiro atoms. The molecule has 1 aromatic carbocycles. The number of hydrogen-bond acceptors (Lipinski definition) is 3. The quantitative estimate of drug-likeness (QED) is 0.634. The molecule has 0 aliphatic rings. The summed E-state index contributed by atoms with van der Waals surface area (Å²) in [5.74, 6) is 1.77. The van der Waals surface area contributed by atoms with Gasteiger partial charge in [0.1, 0.15) is 11.0 Å². The molecule has 0 saturated carbocycles. The molecule has 0 aliphatic heterocycles. The van der Waals surface area contributed by atoms with Crippen LogP contribution >= 0.6 is 23.4 Å². The SMILES string of the molecule is CC(=O)c1ccc(SCc2ncc(Cl)n2C)cc1. The molecule has 0 amide bonds. The standard InChI is InChI=1S/C13H13ClN2OS/c1-9(17)10-3-5-11(6-4-10)18-8-13-15-7-12(14)16(13)2/h3-7H,8H2,1-2H3. The van der Waals surface area contributed by atoms with E-state index in [1.54, 1.807) is 24.9 Å². The fourth-order valence-corrected chi connectivity index (χ4v) is 2.53. The Hall–Kier alpha value is -1.26. The number of imidazole rings is 1. The van der Waals surface area contributed by atoms with Crippen LogP contribution in [0.5, 0.6) is 0 Å². The van der Waals surface area contributed by atoms with E-state index in [-0.39, 0.29) is 5.78 Å². The average Bonchev–Trinajstić information content (AvgIpc) is 2.68. The molecule has 94 valence electrons. The van der Waals surface area contributed by atoms with Gasteiger partial charge in [-0.25, -0.2) is 4.98 Å². The van der Waals surface area contributed by atoms with Crippen LogP contribution in [-0.2, 0) is 12.8 Å². The normalized spacial score (nSPS) is 10.6. The molecule has 1 heterocycles. The van der Waals surface area contributed by atoms with Crippen LogP contribution in [0.25, 0.3) is 0 Å². The number of ketones is 1. The van der Waals surface area contributed by atoms with Crippen molar-refractivity contribution >= 4 is 29.1 Å². The highest BCUT2D eigenvalue weighted by Gasteiger charge is 2.05. The Labute approximate surface area is 115 Å². The first-order chi connectivity index (χ1) is 8.58. The lowest BCUT2D eigenvalue weighted by molar-refractivity contribution is 0.101. The molecule has 18 heavy (non-hydrogen) atoms. The molecular weight excluding hydrogens is 268 g/mol. The van der Waals surface area contributed by atoms with Crippen LogP contribution in [0.1, 0.15) is 23.1 Å². The number of thioether (sulfide) groups is 1. The lowest BCUT2D eigenvalue weighted by Gasteiger charge is -2.03. The molecule has 3 nitrogen and oxygen atoms in total. The highest BCUT2D eigenvalue weighted by atomic mass is 35.5. The predicted octanol–water partition coefficient (Wildman–Crippen LogP) is 3.57. The topological polar surface area (TPSA) is 34.9 Å². The lowest BCUT2D eigenvalue weighted by atomic mass is 10.2. The zero-order chi connectivity index (χ0) is 13.1. The van der Waals surface area contributed by atoms with Crippen molar-refractivity contribution in [1.82, 2.24) is 9.55 Å². The van der Waals surface area contributed by atoms with Crippen molar-refractivity contribution in [3.63, 3.8) is 0 Å². The number of carbonyl (C=O) groups excluding carboxylic acids is 1. The molecule has 0 radical (unpaired) electrons. The van der Waals surface area contributed by atoms with Crippen LogP contribution in [0.2, 0.25) is 5.15 Å². The Morgan fingerprint density at radius 2 is 2.06 bits per heavy atom. The molecule has 0 saturated heterocycles. The average molecular weight is 281 g/mol. The van der Waals surface area contributed by atoms with E-state index in [2.05, 4.69) is 4.98 Å². The van der Waals surface area contributed by atoms with Gasteiger partial charge in [-0.05, 0) is 19.1 Å². The Morgan fingerprint density at radius 3 is 2.56 bits per heavy atom. The van der Waals surface area contributed by atoms with Crippen LogP contribution in [0.15, 0.2) is 35.4 Å². The van der Waals surface area contributed by atoms with E-state index in [4.69, 9.17) is 11.6 Å². The number of aromatic nitrogens is 2. The number of rotatable bonds is 4. The summed E-state index contributed by atoms with van der Waals surface area (Å²) < 4.78 is 1.86.